The molecule has 0 spiro atoms. The van der Waals surface area contributed by atoms with E-state index in [-0.39, 0.29) is 0 Å². The number of anilines is 2. The summed E-state index contributed by atoms with van der Waals surface area (Å²) in [7, 11) is 4.00. The van der Waals surface area contributed by atoms with Crippen molar-refractivity contribution in [3.8, 4) is 0 Å². The first-order chi connectivity index (χ1) is 8.66. The van der Waals surface area contributed by atoms with Gasteiger partial charge in [-0.1, -0.05) is 11.6 Å². The lowest BCUT2D eigenvalue weighted by Crippen LogP contribution is -2.12. The van der Waals surface area contributed by atoms with Crippen molar-refractivity contribution in [1.29, 1.82) is 0 Å². The molecule has 0 atom stereocenters. The molecule has 4 nitrogen and oxygen atoms in total. The Morgan fingerprint density at radius 3 is 2.78 bits per heavy atom. The average molecular weight is 263 g/mol. The van der Waals surface area contributed by atoms with Gasteiger partial charge in [0.2, 0.25) is 0 Å². The highest BCUT2D eigenvalue weighted by Crippen LogP contribution is 2.28. The predicted octanol–water partition coefficient (Wildman–Crippen LogP) is 2.81. The molecule has 0 bridgehead atoms. The van der Waals surface area contributed by atoms with E-state index in [1.807, 2.05) is 43.3 Å². The zero-order chi connectivity index (χ0) is 13.0. The minimum atomic E-state index is 0.643. The summed E-state index contributed by atoms with van der Waals surface area (Å²) >= 11 is 6.02. The summed E-state index contributed by atoms with van der Waals surface area (Å²) in [5, 5.41) is 4.05. The molecule has 1 aromatic heterocycles. The quantitative estimate of drug-likeness (QED) is 0.920. The molecule has 94 valence electrons. The van der Waals surface area contributed by atoms with E-state index in [1.54, 1.807) is 12.5 Å². The normalized spacial score (nSPS) is 10.2. The minimum absolute atomic E-state index is 0.643. The summed E-state index contributed by atoms with van der Waals surface area (Å²) in [6.45, 7) is 0.643. The van der Waals surface area contributed by atoms with E-state index in [1.165, 1.54) is 0 Å². The van der Waals surface area contributed by atoms with Gasteiger partial charge in [-0.3, -0.25) is 0 Å². The molecule has 0 saturated heterocycles. The van der Waals surface area contributed by atoms with E-state index in [4.69, 9.17) is 11.6 Å². The second-order valence-electron chi connectivity index (χ2n) is 4.11. The molecule has 1 heterocycles. The maximum atomic E-state index is 6.02. The van der Waals surface area contributed by atoms with Crippen LogP contribution in [0.2, 0.25) is 5.02 Å². The molecule has 0 fully saturated rings. The van der Waals surface area contributed by atoms with Gasteiger partial charge in [0, 0.05) is 25.3 Å². The van der Waals surface area contributed by atoms with E-state index in [9.17, 15) is 0 Å². The number of rotatable bonds is 4. The van der Waals surface area contributed by atoms with E-state index in [2.05, 4.69) is 15.3 Å². The summed E-state index contributed by atoms with van der Waals surface area (Å²) < 4.78 is 0. The van der Waals surface area contributed by atoms with Crippen molar-refractivity contribution >= 4 is 23.0 Å². The van der Waals surface area contributed by atoms with Gasteiger partial charge in [0.25, 0.3) is 0 Å². The van der Waals surface area contributed by atoms with Crippen molar-refractivity contribution in [2.75, 3.05) is 24.3 Å². The summed E-state index contributed by atoms with van der Waals surface area (Å²) in [4.78, 5) is 10.1. The Hall–Kier alpha value is -1.81. The van der Waals surface area contributed by atoms with Crippen LogP contribution >= 0.6 is 11.6 Å². The molecular weight excluding hydrogens is 248 g/mol. The highest BCUT2D eigenvalue weighted by Gasteiger charge is 2.05. The van der Waals surface area contributed by atoms with Gasteiger partial charge in [-0.25, -0.2) is 9.97 Å². The Bertz CT molecular complexity index is 514. The molecule has 0 unspecified atom stereocenters. The Morgan fingerprint density at radius 1 is 1.28 bits per heavy atom. The molecule has 1 N–H and O–H groups in total. The lowest BCUT2D eigenvalue weighted by molar-refractivity contribution is 1.00. The third-order valence-corrected chi connectivity index (χ3v) is 2.78. The van der Waals surface area contributed by atoms with Crippen LogP contribution in [0.1, 0.15) is 5.69 Å². The second-order valence-corrected chi connectivity index (χ2v) is 4.55. The standard InChI is InChI=1S/C13H15ClN4/c1-18(2)13-4-3-10(14)7-12(13)16-8-11-5-6-15-9-17-11/h3-7,9,16H,8H2,1-2H3. The fraction of sp³-hybridized carbons (Fsp3) is 0.231. The van der Waals surface area contributed by atoms with Crippen molar-refractivity contribution in [2.45, 2.75) is 6.54 Å². The van der Waals surface area contributed by atoms with Gasteiger partial charge >= 0.3 is 0 Å². The molecule has 0 saturated carbocycles. The summed E-state index contributed by atoms with van der Waals surface area (Å²) in [5.74, 6) is 0. The molecule has 2 rings (SSSR count). The minimum Gasteiger partial charge on any atom is -0.378 e. The summed E-state index contributed by atoms with van der Waals surface area (Å²) in [5.41, 5.74) is 3.02. The monoisotopic (exact) mass is 262 g/mol. The van der Waals surface area contributed by atoms with Crippen molar-refractivity contribution in [3.05, 3.63) is 47.5 Å². The molecule has 0 radical (unpaired) electrons. The number of halogens is 1. The van der Waals surface area contributed by atoms with E-state index < -0.39 is 0 Å². The van der Waals surface area contributed by atoms with Gasteiger partial charge in [0.1, 0.15) is 6.33 Å². The third kappa shape index (κ3) is 3.11. The first kappa shape index (κ1) is 12.6. The maximum absolute atomic E-state index is 6.02. The third-order valence-electron chi connectivity index (χ3n) is 2.54. The van der Waals surface area contributed by atoms with Crippen LogP contribution in [0.4, 0.5) is 11.4 Å². The number of nitrogens with zero attached hydrogens (tertiary/aromatic N) is 3. The molecule has 0 amide bonds. The lowest BCUT2D eigenvalue weighted by Gasteiger charge is -2.18. The maximum Gasteiger partial charge on any atom is 0.115 e. The van der Waals surface area contributed by atoms with Crippen LogP contribution in [-0.4, -0.2) is 24.1 Å². The second kappa shape index (κ2) is 5.69. The van der Waals surface area contributed by atoms with Gasteiger partial charge in [-0.2, -0.15) is 0 Å². The van der Waals surface area contributed by atoms with Gasteiger partial charge in [0.15, 0.2) is 0 Å². The predicted molar refractivity (Wildman–Crippen MR) is 75.1 cm³/mol. The first-order valence-corrected chi connectivity index (χ1v) is 6.00. The topological polar surface area (TPSA) is 41.0 Å². The highest BCUT2D eigenvalue weighted by atomic mass is 35.5. The molecule has 2 aromatic rings. The van der Waals surface area contributed by atoms with E-state index in [0.29, 0.717) is 11.6 Å². The molecule has 5 heteroatoms. The number of benzene rings is 1. The highest BCUT2D eigenvalue weighted by molar-refractivity contribution is 6.31. The SMILES string of the molecule is CN(C)c1ccc(Cl)cc1NCc1ccncn1. The van der Waals surface area contributed by atoms with Gasteiger partial charge in [-0.15, -0.1) is 0 Å². The van der Waals surface area contributed by atoms with Crippen LogP contribution in [0.3, 0.4) is 0 Å². The molecular formula is C13H15ClN4. The van der Waals surface area contributed by atoms with Crippen LogP contribution in [0.15, 0.2) is 36.8 Å². The first-order valence-electron chi connectivity index (χ1n) is 5.62. The Labute approximate surface area is 112 Å². The number of nitrogens with one attached hydrogen (secondary N) is 1. The lowest BCUT2D eigenvalue weighted by atomic mass is 10.2. The van der Waals surface area contributed by atoms with Crippen LogP contribution in [0.5, 0.6) is 0 Å². The number of hydrogen-bond donors (Lipinski definition) is 1. The zero-order valence-corrected chi connectivity index (χ0v) is 11.1. The van der Waals surface area contributed by atoms with Crippen molar-refractivity contribution < 1.29 is 0 Å². The van der Waals surface area contributed by atoms with Crippen molar-refractivity contribution in [3.63, 3.8) is 0 Å². The van der Waals surface area contributed by atoms with Crippen LogP contribution in [-0.2, 0) is 6.54 Å². The average Bonchev–Trinajstić information content (AvgIpc) is 2.37. The Kier molecular flexibility index (Phi) is 3.99. The summed E-state index contributed by atoms with van der Waals surface area (Å²) in [6, 6.07) is 7.67. The Morgan fingerprint density at radius 2 is 2.11 bits per heavy atom. The smallest absolute Gasteiger partial charge is 0.115 e. The molecule has 0 aliphatic carbocycles. The molecule has 0 aliphatic rings. The van der Waals surface area contributed by atoms with Gasteiger partial charge in [-0.05, 0) is 24.3 Å². The van der Waals surface area contributed by atoms with Crippen molar-refractivity contribution in [2.24, 2.45) is 0 Å². The van der Waals surface area contributed by atoms with Gasteiger partial charge in [0.05, 0.1) is 23.6 Å². The van der Waals surface area contributed by atoms with E-state index >= 15 is 0 Å². The zero-order valence-electron chi connectivity index (χ0n) is 10.4. The summed E-state index contributed by atoms with van der Waals surface area (Å²) in [6.07, 6.45) is 3.27. The van der Waals surface area contributed by atoms with Crippen molar-refractivity contribution in [1.82, 2.24) is 9.97 Å². The fourth-order valence-corrected chi connectivity index (χ4v) is 1.82. The fourth-order valence-electron chi connectivity index (χ4n) is 1.65. The number of aromatic nitrogens is 2. The van der Waals surface area contributed by atoms with Crippen LogP contribution < -0.4 is 10.2 Å². The molecule has 0 aliphatic heterocycles. The Balaban J connectivity index is 2.15. The van der Waals surface area contributed by atoms with Gasteiger partial charge < -0.3 is 10.2 Å². The molecule has 1 aromatic carbocycles. The molecule has 18 heavy (non-hydrogen) atoms. The van der Waals surface area contributed by atoms with Crippen LogP contribution in [0, 0.1) is 0 Å². The van der Waals surface area contributed by atoms with Crippen LogP contribution in [0.25, 0.3) is 0 Å². The van der Waals surface area contributed by atoms with E-state index in [0.717, 1.165) is 17.1 Å². The largest absolute Gasteiger partial charge is 0.378 e. The number of hydrogen-bond acceptors (Lipinski definition) is 4.